The largest absolute Gasteiger partial charge is 0.390 e. The number of nitrogens with one attached hydrogen (secondary N) is 1. The first-order chi connectivity index (χ1) is 14.1. The van der Waals surface area contributed by atoms with Gasteiger partial charge in [-0.1, -0.05) is 25.8 Å². The molecule has 1 aromatic rings. The standard InChI is InChI=1S/C21H34N4O4S/c1-15-8-9-17(24-20(27)16(22)13-21(2)10-4-5-11-21)18(26)14-25(15)30(28,29)19-7-3-6-12-23-19/h3,6-7,12,15-18,26H,4-5,8-11,13-14,22H2,1-2H3,(H,24,27)/t15-,16?,17+,18+/m1/s1. The quantitative estimate of drug-likeness (QED) is 0.616. The second kappa shape index (κ2) is 9.30. The molecule has 1 aromatic heterocycles. The van der Waals surface area contributed by atoms with Gasteiger partial charge in [-0.2, -0.15) is 4.31 Å². The molecule has 0 bridgehead atoms. The van der Waals surface area contributed by atoms with Crippen LogP contribution in [0, 0.1) is 5.41 Å². The van der Waals surface area contributed by atoms with E-state index in [0.29, 0.717) is 19.3 Å². The van der Waals surface area contributed by atoms with Gasteiger partial charge >= 0.3 is 0 Å². The minimum atomic E-state index is -3.83. The Hall–Kier alpha value is -1.55. The number of carbonyl (C=O) groups excluding carboxylic acids is 1. The number of nitrogens with two attached hydrogens (primary N) is 1. The lowest BCUT2D eigenvalue weighted by atomic mass is 9.82. The van der Waals surface area contributed by atoms with Crippen molar-refractivity contribution >= 4 is 15.9 Å². The molecule has 168 valence electrons. The molecule has 0 spiro atoms. The van der Waals surface area contributed by atoms with E-state index in [4.69, 9.17) is 5.73 Å². The molecule has 0 radical (unpaired) electrons. The predicted molar refractivity (Wildman–Crippen MR) is 114 cm³/mol. The molecule has 1 aliphatic heterocycles. The summed E-state index contributed by atoms with van der Waals surface area (Å²) in [5, 5.41) is 13.6. The van der Waals surface area contributed by atoms with Crippen LogP contribution in [0.3, 0.4) is 0 Å². The summed E-state index contributed by atoms with van der Waals surface area (Å²) in [5.41, 5.74) is 6.27. The van der Waals surface area contributed by atoms with E-state index in [-0.39, 0.29) is 28.9 Å². The molecule has 30 heavy (non-hydrogen) atoms. The van der Waals surface area contributed by atoms with Gasteiger partial charge in [-0.3, -0.25) is 4.79 Å². The van der Waals surface area contributed by atoms with Crippen molar-refractivity contribution in [1.82, 2.24) is 14.6 Å². The molecule has 1 aliphatic carbocycles. The molecule has 3 rings (SSSR count). The maximum atomic E-state index is 13.0. The van der Waals surface area contributed by atoms with E-state index < -0.39 is 28.2 Å². The minimum Gasteiger partial charge on any atom is -0.390 e. The van der Waals surface area contributed by atoms with E-state index >= 15 is 0 Å². The van der Waals surface area contributed by atoms with E-state index in [2.05, 4.69) is 17.2 Å². The molecule has 2 heterocycles. The Kier molecular flexibility index (Phi) is 7.16. The molecule has 0 aromatic carbocycles. The van der Waals surface area contributed by atoms with Gasteiger partial charge in [0.15, 0.2) is 5.03 Å². The number of aliphatic hydroxyl groups excluding tert-OH is 1. The Morgan fingerprint density at radius 3 is 2.70 bits per heavy atom. The van der Waals surface area contributed by atoms with Crippen molar-refractivity contribution in [1.29, 1.82) is 0 Å². The molecule has 8 nitrogen and oxygen atoms in total. The second-order valence-corrected chi connectivity index (χ2v) is 11.0. The van der Waals surface area contributed by atoms with Crippen LogP contribution >= 0.6 is 0 Å². The first-order valence-corrected chi connectivity index (χ1v) is 12.2. The summed E-state index contributed by atoms with van der Waals surface area (Å²) in [7, 11) is -3.83. The monoisotopic (exact) mass is 438 g/mol. The fraction of sp³-hybridized carbons (Fsp3) is 0.714. The number of hydrogen-bond acceptors (Lipinski definition) is 6. The Morgan fingerprint density at radius 2 is 2.07 bits per heavy atom. The molecular weight excluding hydrogens is 404 g/mol. The lowest BCUT2D eigenvalue weighted by Crippen LogP contribution is -2.52. The van der Waals surface area contributed by atoms with Crippen LogP contribution in [0.2, 0.25) is 0 Å². The molecule has 4 atom stereocenters. The molecule has 2 aliphatic rings. The Labute approximate surface area is 179 Å². The SMILES string of the molecule is C[C@@H]1CC[C@H](NC(=O)C(N)CC2(C)CCCC2)[C@@H](O)CN1S(=O)(=O)c1ccccn1. The summed E-state index contributed by atoms with van der Waals surface area (Å²) >= 11 is 0. The molecule has 1 saturated carbocycles. The third kappa shape index (κ3) is 5.19. The van der Waals surface area contributed by atoms with Crippen molar-refractivity contribution in [2.45, 2.75) is 88.0 Å². The van der Waals surface area contributed by atoms with Crippen LogP contribution in [0.5, 0.6) is 0 Å². The van der Waals surface area contributed by atoms with Gasteiger partial charge in [0.1, 0.15) is 0 Å². The van der Waals surface area contributed by atoms with E-state index in [9.17, 15) is 18.3 Å². The third-order valence-electron chi connectivity index (χ3n) is 6.62. The minimum absolute atomic E-state index is 0.0432. The highest BCUT2D eigenvalue weighted by Gasteiger charge is 2.38. The van der Waals surface area contributed by atoms with Crippen molar-refractivity contribution in [3.05, 3.63) is 24.4 Å². The van der Waals surface area contributed by atoms with Crippen LogP contribution in [0.15, 0.2) is 29.4 Å². The van der Waals surface area contributed by atoms with Gasteiger partial charge in [0, 0.05) is 18.8 Å². The number of aromatic nitrogens is 1. The van der Waals surface area contributed by atoms with Crippen LogP contribution < -0.4 is 11.1 Å². The summed E-state index contributed by atoms with van der Waals surface area (Å²) < 4.78 is 27.3. The van der Waals surface area contributed by atoms with Crippen molar-refractivity contribution in [2.24, 2.45) is 11.1 Å². The van der Waals surface area contributed by atoms with Crippen LogP contribution in [-0.2, 0) is 14.8 Å². The Bertz CT molecular complexity index is 827. The van der Waals surface area contributed by atoms with Crippen molar-refractivity contribution in [3.8, 4) is 0 Å². The van der Waals surface area contributed by atoms with Crippen LogP contribution in [0.1, 0.15) is 58.8 Å². The normalized spacial score (nSPS) is 28.6. The van der Waals surface area contributed by atoms with Gasteiger partial charge in [0.05, 0.1) is 18.2 Å². The first kappa shape index (κ1) is 23.1. The number of carbonyl (C=O) groups is 1. The number of aliphatic hydroxyl groups is 1. The average molecular weight is 439 g/mol. The number of sulfonamides is 1. The number of nitrogens with zero attached hydrogens (tertiary/aromatic N) is 2. The van der Waals surface area contributed by atoms with Gasteiger partial charge in [-0.25, -0.2) is 13.4 Å². The number of rotatable bonds is 6. The highest BCUT2D eigenvalue weighted by Crippen LogP contribution is 2.41. The van der Waals surface area contributed by atoms with Gasteiger partial charge in [-0.05, 0) is 56.6 Å². The van der Waals surface area contributed by atoms with Gasteiger partial charge in [0.25, 0.3) is 10.0 Å². The number of hydrogen-bond donors (Lipinski definition) is 3. The van der Waals surface area contributed by atoms with Crippen molar-refractivity contribution < 1.29 is 18.3 Å². The third-order valence-corrected chi connectivity index (χ3v) is 8.51. The molecule has 1 saturated heterocycles. The summed E-state index contributed by atoms with van der Waals surface area (Å²) in [6, 6.07) is 3.23. The fourth-order valence-corrected chi connectivity index (χ4v) is 6.33. The van der Waals surface area contributed by atoms with Gasteiger partial charge < -0.3 is 16.2 Å². The van der Waals surface area contributed by atoms with Gasteiger partial charge in [-0.15, -0.1) is 0 Å². The number of amides is 1. The summed E-state index contributed by atoms with van der Waals surface area (Å²) in [5.74, 6) is -0.277. The second-order valence-electron chi connectivity index (χ2n) is 9.18. The molecule has 2 fully saturated rings. The highest BCUT2D eigenvalue weighted by molar-refractivity contribution is 7.89. The lowest BCUT2D eigenvalue weighted by Gasteiger charge is -2.29. The topological polar surface area (TPSA) is 126 Å². The van der Waals surface area contributed by atoms with E-state index in [1.165, 1.54) is 29.4 Å². The molecule has 1 unspecified atom stereocenters. The Balaban J connectivity index is 1.65. The lowest BCUT2D eigenvalue weighted by molar-refractivity contribution is -0.124. The number of pyridine rings is 1. The van der Waals surface area contributed by atoms with Gasteiger partial charge in [0.2, 0.25) is 5.91 Å². The Morgan fingerprint density at radius 1 is 1.37 bits per heavy atom. The smallest absolute Gasteiger partial charge is 0.260 e. The zero-order valence-electron chi connectivity index (χ0n) is 17.8. The summed E-state index contributed by atoms with van der Waals surface area (Å²) in [4.78, 5) is 16.7. The fourth-order valence-electron chi connectivity index (χ4n) is 4.72. The molecular formula is C21H34N4O4S. The van der Waals surface area contributed by atoms with E-state index in [1.807, 2.05) is 6.92 Å². The van der Waals surface area contributed by atoms with Crippen LogP contribution in [0.4, 0.5) is 0 Å². The zero-order chi connectivity index (χ0) is 21.9. The van der Waals surface area contributed by atoms with Crippen molar-refractivity contribution in [2.75, 3.05) is 6.54 Å². The van der Waals surface area contributed by atoms with Crippen LogP contribution in [-0.4, -0.2) is 59.5 Å². The summed E-state index contributed by atoms with van der Waals surface area (Å²) in [6.07, 6.45) is 6.53. The average Bonchev–Trinajstić information content (AvgIpc) is 3.08. The molecule has 1 amide bonds. The predicted octanol–water partition coefficient (Wildman–Crippen LogP) is 1.40. The maximum Gasteiger partial charge on any atom is 0.260 e. The summed E-state index contributed by atoms with van der Waals surface area (Å²) in [6.45, 7) is 3.89. The van der Waals surface area contributed by atoms with Crippen LogP contribution in [0.25, 0.3) is 0 Å². The molecule has 9 heteroatoms. The van der Waals surface area contributed by atoms with E-state index in [1.54, 1.807) is 12.1 Å². The van der Waals surface area contributed by atoms with Crippen molar-refractivity contribution in [3.63, 3.8) is 0 Å². The zero-order valence-corrected chi connectivity index (χ0v) is 18.6. The first-order valence-electron chi connectivity index (χ1n) is 10.8. The van der Waals surface area contributed by atoms with E-state index in [0.717, 1.165) is 12.8 Å². The number of β-amino-alcohol motifs (C(OH)–C–C–N with tert-alkyl or cyclic N) is 1. The maximum absolute atomic E-state index is 13.0. The molecule has 4 N–H and O–H groups in total. The highest BCUT2D eigenvalue weighted by atomic mass is 32.2.